The first-order chi connectivity index (χ1) is 16.3. The molecule has 1 aromatic carbocycles. The van der Waals surface area contributed by atoms with Gasteiger partial charge in [0, 0.05) is 48.6 Å². The number of primary amides is 1. The predicted molar refractivity (Wildman–Crippen MR) is 130 cm³/mol. The average molecular weight is 462 g/mol. The molecular formula is C25H27N5O4. The van der Waals surface area contributed by atoms with E-state index < -0.39 is 11.8 Å². The molecule has 0 saturated carbocycles. The summed E-state index contributed by atoms with van der Waals surface area (Å²) >= 11 is 0. The van der Waals surface area contributed by atoms with Gasteiger partial charge in [-0.3, -0.25) is 14.4 Å². The van der Waals surface area contributed by atoms with Crippen molar-refractivity contribution in [2.75, 3.05) is 22.9 Å². The summed E-state index contributed by atoms with van der Waals surface area (Å²) in [5.41, 5.74) is 13.5. The number of piperidine rings is 2. The minimum atomic E-state index is -0.813. The molecule has 3 aliphatic rings. The number of hydrogen-bond acceptors (Lipinski definition) is 6. The number of anilines is 2. The topological polar surface area (TPSA) is 142 Å². The van der Waals surface area contributed by atoms with Crippen LogP contribution in [0.1, 0.15) is 32.1 Å². The maximum absolute atomic E-state index is 13.5. The maximum atomic E-state index is 13.5. The molecule has 176 valence electrons. The smallest absolute Gasteiger partial charge is 0.277 e. The number of nitrogens with two attached hydrogens (primary N) is 2. The lowest BCUT2D eigenvalue weighted by Crippen LogP contribution is -2.45. The van der Waals surface area contributed by atoms with Crippen molar-refractivity contribution in [2.45, 2.75) is 32.1 Å². The lowest BCUT2D eigenvalue weighted by atomic mass is 9.97. The first-order valence-electron chi connectivity index (χ1n) is 11.2. The number of carbonyl (C=O) groups excluding carboxylic acids is 3. The second-order valence-corrected chi connectivity index (χ2v) is 8.30. The van der Waals surface area contributed by atoms with Crippen LogP contribution in [0.4, 0.5) is 11.4 Å². The van der Waals surface area contributed by atoms with Crippen LogP contribution in [-0.4, -0.2) is 41.6 Å². The van der Waals surface area contributed by atoms with Crippen molar-refractivity contribution in [3.63, 3.8) is 0 Å². The van der Waals surface area contributed by atoms with E-state index >= 15 is 0 Å². The van der Waals surface area contributed by atoms with E-state index in [-0.39, 0.29) is 23.1 Å². The van der Waals surface area contributed by atoms with Crippen molar-refractivity contribution in [3.05, 3.63) is 71.3 Å². The largest absolute Gasteiger partial charge is 0.508 e. The van der Waals surface area contributed by atoms with E-state index in [1.54, 1.807) is 40.2 Å². The van der Waals surface area contributed by atoms with Crippen LogP contribution in [0.2, 0.25) is 0 Å². The third-order valence-corrected chi connectivity index (χ3v) is 6.02. The van der Waals surface area contributed by atoms with E-state index in [0.717, 1.165) is 18.5 Å². The van der Waals surface area contributed by atoms with Gasteiger partial charge >= 0.3 is 0 Å². The zero-order valence-corrected chi connectivity index (χ0v) is 18.7. The van der Waals surface area contributed by atoms with Crippen molar-refractivity contribution in [3.8, 4) is 0 Å². The number of aliphatic hydroxyl groups excluding tert-OH is 1. The van der Waals surface area contributed by atoms with Crippen LogP contribution in [0.15, 0.2) is 76.3 Å². The van der Waals surface area contributed by atoms with Crippen molar-refractivity contribution < 1.29 is 19.5 Å². The van der Waals surface area contributed by atoms with Gasteiger partial charge in [-0.15, -0.1) is 0 Å². The number of benzene rings is 1. The zero-order valence-electron chi connectivity index (χ0n) is 18.7. The van der Waals surface area contributed by atoms with Crippen LogP contribution in [0, 0.1) is 0 Å². The molecule has 4 rings (SSSR count). The van der Waals surface area contributed by atoms with Crippen LogP contribution in [-0.2, 0) is 14.4 Å². The minimum absolute atomic E-state index is 0.0484. The van der Waals surface area contributed by atoms with Gasteiger partial charge in [0.1, 0.15) is 17.2 Å². The average Bonchev–Trinajstić information content (AvgIpc) is 3.04. The van der Waals surface area contributed by atoms with Gasteiger partial charge in [0.05, 0.1) is 0 Å². The number of rotatable bonds is 4. The Kier molecular flexibility index (Phi) is 6.62. The fourth-order valence-corrected chi connectivity index (χ4v) is 4.20. The van der Waals surface area contributed by atoms with Crippen LogP contribution < -0.4 is 21.3 Å². The molecule has 34 heavy (non-hydrogen) atoms. The normalized spacial score (nSPS) is 21.8. The number of allylic oxidation sites excluding steroid dienone is 4. The Bertz CT molecular complexity index is 1170. The van der Waals surface area contributed by atoms with Crippen LogP contribution >= 0.6 is 0 Å². The highest BCUT2D eigenvalue weighted by molar-refractivity contribution is 6.51. The summed E-state index contributed by atoms with van der Waals surface area (Å²) < 4.78 is 0. The van der Waals surface area contributed by atoms with E-state index in [9.17, 15) is 19.5 Å². The van der Waals surface area contributed by atoms with Crippen molar-refractivity contribution in [1.82, 2.24) is 0 Å². The minimum Gasteiger partial charge on any atom is -0.508 e. The molecular weight excluding hydrogens is 434 g/mol. The number of aliphatic hydroxyl groups is 1. The molecule has 0 atom stereocenters. The third-order valence-electron chi connectivity index (χ3n) is 6.02. The molecule has 9 nitrogen and oxygen atoms in total. The first-order valence-corrected chi connectivity index (χ1v) is 11.2. The van der Waals surface area contributed by atoms with Crippen molar-refractivity contribution in [1.29, 1.82) is 0 Å². The predicted octanol–water partition coefficient (Wildman–Crippen LogP) is 2.37. The summed E-state index contributed by atoms with van der Waals surface area (Å²) in [7, 11) is 0. The van der Waals surface area contributed by atoms with Gasteiger partial charge in [-0.1, -0.05) is 6.08 Å². The molecule has 1 aliphatic carbocycles. The molecule has 2 aliphatic heterocycles. The number of amides is 3. The van der Waals surface area contributed by atoms with Gasteiger partial charge in [-0.05, 0) is 61.8 Å². The van der Waals surface area contributed by atoms with E-state index in [2.05, 4.69) is 4.99 Å². The molecule has 0 bridgehead atoms. The summed E-state index contributed by atoms with van der Waals surface area (Å²) in [6.07, 6.45) is 9.46. The molecule has 0 aromatic heterocycles. The van der Waals surface area contributed by atoms with Crippen LogP contribution in [0.3, 0.4) is 0 Å². The Balaban J connectivity index is 1.66. The zero-order chi connectivity index (χ0) is 24.2. The van der Waals surface area contributed by atoms with Gasteiger partial charge in [0.25, 0.3) is 11.8 Å². The molecule has 9 heteroatoms. The van der Waals surface area contributed by atoms with Gasteiger partial charge < -0.3 is 26.4 Å². The molecule has 2 saturated heterocycles. The lowest BCUT2D eigenvalue weighted by molar-refractivity contribution is -0.119. The highest BCUT2D eigenvalue weighted by Crippen LogP contribution is 2.28. The van der Waals surface area contributed by atoms with E-state index in [4.69, 9.17) is 11.5 Å². The fraction of sp³-hybridized carbons (Fsp3) is 0.280. The summed E-state index contributed by atoms with van der Waals surface area (Å²) in [6.45, 7) is 0.981. The lowest BCUT2D eigenvalue weighted by Gasteiger charge is -2.31. The Hall–Kier alpha value is -4.14. The molecule has 5 N–H and O–H groups in total. The van der Waals surface area contributed by atoms with Gasteiger partial charge in [-0.2, -0.15) is 0 Å². The van der Waals surface area contributed by atoms with E-state index in [1.165, 1.54) is 6.08 Å². The number of aliphatic imine (C=N–C) groups is 1. The first kappa shape index (κ1) is 23.0. The Morgan fingerprint density at radius 1 is 0.941 bits per heavy atom. The molecule has 2 heterocycles. The summed E-state index contributed by atoms with van der Waals surface area (Å²) in [4.78, 5) is 45.3. The van der Waals surface area contributed by atoms with Crippen LogP contribution in [0.5, 0.6) is 0 Å². The summed E-state index contributed by atoms with van der Waals surface area (Å²) in [6, 6.07) is 7.26. The third kappa shape index (κ3) is 4.78. The van der Waals surface area contributed by atoms with Crippen molar-refractivity contribution >= 4 is 34.8 Å². The second kappa shape index (κ2) is 9.78. The number of carbonyl (C=O) groups is 3. The second-order valence-electron chi connectivity index (χ2n) is 8.30. The quantitative estimate of drug-likeness (QED) is 0.590. The fourth-order valence-electron chi connectivity index (χ4n) is 4.20. The summed E-state index contributed by atoms with van der Waals surface area (Å²) in [5.74, 6) is -1.04. The van der Waals surface area contributed by atoms with E-state index in [0.29, 0.717) is 49.3 Å². The maximum Gasteiger partial charge on any atom is 0.277 e. The van der Waals surface area contributed by atoms with E-state index in [1.807, 2.05) is 12.1 Å². The Labute approximate surface area is 197 Å². The monoisotopic (exact) mass is 461 g/mol. The standard InChI is InChI=1S/C25H27N5O4/c26-22(24(27)33)20-13-15-30(25(34)23(20)28-16-4-3-5-19(31)12-7-16)18-10-8-17(9-11-18)29-14-2-1-6-21(29)32/h3,5,7-12,31H,1-2,4,6,13-15,26H2,(H2,27,33). The Morgan fingerprint density at radius 3 is 2.32 bits per heavy atom. The molecule has 3 amide bonds. The molecule has 0 spiro atoms. The molecule has 0 unspecified atom stereocenters. The van der Waals surface area contributed by atoms with Crippen molar-refractivity contribution in [2.24, 2.45) is 16.5 Å². The highest BCUT2D eigenvalue weighted by atomic mass is 16.3. The number of hydrogen-bond donors (Lipinski definition) is 3. The molecule has 1 aromatic rings. The van der Waals surface area contributed by atoms with Gasteiger partial charge in [0.2, 0.25) is 5.91 Å². The number of nitrogens with zero attached hydrogens (tertiary/aromatic N) is 3. The SMILES string of the molecule is NC(=O)C(N)=C1CCN(c2ccc(N3CCCCC3=O)cc2)C(=O)C1=NC1=CC=C(O)C=CC1. The molecule has 0 radical (unpaired) electrons. The van der Waals surface area contributed by atoms with Gasteiger partial charge in [-0.25, -0.2) is 4.99 Å². The van der Waals surface area contributed by atoms with Crippen LogP contribution in [0.25, 0.3) is 0 Å². The summed E-state index contributed by atoms with van der Waals surface area (Å²) in [5, 5.41) is 9.69. The Morgan fingerprint density at radius 2 is 1.65 bits per heavy atom. The highest BCUT2D eigenvalue weighted by Gasteiger charge is 2.32. The van der Waals surface area contributed by atoms with Gasteiger partial charge in [0.15, 0.2) is 0 Å². The molecule has 2 fully saturated rings.